The van der Waals surface area contributed by atoms with Gasteiger partial charge in [-0.15, -0.1) is 0 Å². The molecule has 2 N–H and O–H groups in total. The van der Waals surface area contributed by atoms with Crippen LogP contribution in [-0.2, 0) is 9.59 Å². The number of benzene rings is 2. The maximum Gasteiger partial charge on any atom is 0.250 e. The lowest BCUT2D eigenvalue weighted by Crippen LogP contribution is -2.07. The van der Waals surface area contributed by atoms with E-state index >= 15 is 0 Å². The Morgan fingerprint density at radius 1 is 1.12 bits per heavy atom. The number of hydrogen-bond acceptors (Lipinski definition) is 4. The first-order valence-electron chi connectivity index (χ1n) is 7.53. The van der Waals surface area contributed by atoms with Crippen molar-refractivity contribution in [2.45, 2.75) is 6.92 Å². The van der Waals surface area contributed by atoms with Gasteiger partial charge in [-0.3, -0.25) is 14.9 Å². The van der Waals surface area contributed by atoms with Gasteiger partial charge in [0.15, 0.2) is 5.13 Å². The third-order valence-electron chi connectivity index (χ3n) is 3.32. The summed E-state index contributed by atoms with van der Waals surface area (Å²) in [6, 6.07) is 10.4. The van der Waals surface area contributed by atoms with Crippen LogP contribution in [0.3, 0.4) is 0 Å². The molecule has 0 saturated carbocycles. The maximum atomic E-state index is 12.1. The summed E-state index contributed by atoms with van der Waals surface area (Å²) in [5, 5.41) is 6.90. The van der Waals surface area contributed by atoms with E-state index in [1.165, 1.54) is 24.3 Å². The number of amides is 2. The van der Waals surface area contributed by atoms with Crippen molar-refractivity contribution >= 4 is 73.5 Å². The van der Waals surface area contributed by atoms with Gasteiger partial charge in [-0.05, 0) is 42.0 Å². The Labute approximate surface area is 163 Å². The number of hydrogen-bond donors (Lipinski definition) is 2. The number of anilines is 2. The van der Waals surface area contributed by atoms with Gasteiger partial charge in [0, 0.05) is 28.7 Å². The van der Waals surface area contributed by atoms with Crippen LogP contribution in [0, 0.1) is 0 Å². The first kappa shape index (κ1) is 18.4. The van der Waals surface area contributed by atoms with E-state index in [0.717, 1.165) is 10.2 Å². The molecule has 0 bridgehead atoms. The summed E-state index contributed by atoms with van der Waals surface area (Å²) >= 11 is 13.2. The normalized spacial score (nSPS) is 11.0. The van der Waals surface area contributed by atoms with Crippen molar-refractivity contribution in [2.24, 2.45) is 0 Å². The Kier molecular flexibility index (Phi) is 5.56. The van der Waals surface area contributed by atoms with Crippen molar-refractivity contribution in [1.82, 2.24) is 4.98 Å². The first-order chi connectivity index (χ1) is 12.4. The van der Waals surface area contributed by atoms with E-state index in [1.54, 1.807) is 36.4 Å². The number of nitrogens with zero attached hydrogens (tertiary/aromatic N) is 1. The molecule has 0 fully saturated rings. The highest BCUT2D eigenvalue weighted by atomic mass is 35.5. The predicted molar refractivity (Wildman–Crippen MR) is 108 cm³/mol. The van der Waals surface area contributed by atoms with E-state index in [1.807, 2.05) is 6.07 Å². The second-order valence-corrected chi connectivity index (χ2v) is 7.25. The minimum atomic E-state index is -0.322. The topological polar surface area (TPSA) is 71.1 Å². The molecule has 0 radical (unpaired) electrons. The van der Waals surface area contributed by atoms with Crippen molar-refractivity contribution in [3.63, 3.8) is 0 Å². The molecule has 0 spiro atoms. The lowest BCUT2D eigenvalue weighted by Gasteiger charge is -1.99. The second-order valence-electron chi connectivity index (χ2n) is 5.37. The molecular formula is C18H13Cl2N3O2S. The fourth-order valence-electron chi connectivity index (χ4n) is 2.21. The molecule has 0 unspecified atom stereocenters. The summed E-state index contributed by atoms with van der Waals surface area (Å²) in [6.45, 7) is 1.45. The van der Waals surface area contributed by atoms with Gasteiger partial charge in [0.05, 0.1) is 10.2 Å². The third-order valence-corrected chi connectivity index (χ3v) is 4.81. The second kappa shape index (κ2) is 7.86. The molecule has 26 heavy (non-hydrogen) atoms. The molecular weight excluding hydrogens is 393 g/mol. The Bertz CT molecular complexity index is 1030. The van der Waals surface area contributed by atoms with Crippen LogP contribution in [0.5, 0.6) is 0 Å². The van der Waals surface area contributed by atoms with Crippen molar-refractivity contribution in [3.8, 4) is 0 Å². The zero-order chi connectivity index (χ0) is 18.7. The predicted octanol–water partition coefficient (Wildman–Crippen LogP) is 5.21. The summed E-state index contributed by atoms with van der Waals surface area (Å²) in [5.74, 6) is -0.467. The van der Waals surface area contributed by atoms with Crippen LogP contribution in [0.15, 0.2) is 42.5 Å². The minimum absolute atomic E-state index is 0.145. The van der Waals surface area contributed by atoms with E-state index in [-0.39, 0.29) is 11.8 Å². The Morgan fingerprint density at radius 2 is 1.92 bits per heavy atom. The monoisotopic (exact) mass is 405 g/mol. The highest BCUT2D eigenvalue weighted by Gasteiger charge is 2.07. The van der Waals surface area contributed by atoms with Crippen LogP contribution in [0.4, 0.5) is 10.8 Å². The molecule has 1 aromatic heterocycles. The summed E-state index contributed by atoms with van der Waals surface area (Å²) in [4.78, 5) is 27.6. The summed E-state index contributed by atoms with van der Waals surface area (Å²) < 4.78 is 0.858. The van der Waals surface area contributed by atoms with Crippen molar-refractivity contribution in [3.05, 3.63) is 58.1 Å². The third kappa shape index (κ3) is 4.60. The van der Waals surface area contributed by atoms with Crippen LogP contribution in [-0.4, -0.2) is 16.8 Å². The maximum absolute atomic E-state index is 12.1. The van der Waals surface area contributed by atoms with E-state index in [9.17, 15) is 9.59 Å². The van der Waals surface area contributed by atoms with Crippen LogP contribution >= 0.6 is 34.5 Å². The highest BCUT2D eigenvalue weighted by molar-refractivity contribution is 7.22. The van der Waals surface area contributed by atoms with Gasteiger partial charge in [0.25, 0.3) is 0 Å². The highest BCUT2D eigenvalue weighted by Crippen LogP contribution is 2.28. The van der Waals surface area contributed by atoms with Gasteiger partial charge in [-0.2, -0.15) is 0 Å². The van der Waals surface area contributed by atoms with Crippen molar-refractivity contribution < 1.29 is 9.59 Å². The van der Waals surface area contributed by atoms with Gasteiger partial charge >= 0.3 is 0 Å². The number of carbonyl (C=O) groups excluding carboxylic acids is 2. The summed E-state index contributed by atoms with van der Waals surface area (Å²) in [7, 11) is 0. The van der Waals surface area contributed by atoms with Crippen molar-refractivity contribution in [1.29, 1.82) is 0 Å². The van der Waals surface area contributed by atoms with Gasteiger partial charge in [0.1, 0.15) is 0 Å². The zero-order valence-corrected chi connectivity index (χ0v) is 15.9. The van der Waals surface area contributed by atoms with E-state index in [2.05, 4.69) is 15.6 Å². The number of aromatic nitrogens is 1. The number of fused-ring (bicyclic) bond motifs is 1. The lowest BCUT2D eigenvalue weighted by molar-refractivity contribution is -0.114. The number of thiazole rings is 1. The SMILES string of the molecule is CC(=O)Nc1ccc2nc(NC(=O)C=Cc3ccc(Cl)cc3Cl)sc2c1. The largest absolute Gasteiger partial charge is 0.326 e. The minimum Gasteiger partial charge on any atom is -0.326 e. The van der Waals surface area contributed by atoms with E-state index in [4.69, 9.17) is 23.2 Å². The van der Waals surface area contributed by atoms with E-state index < -0.39 is 0 Å². The molecule has 2 amide bonds. The van der Waals surface area contributed by atoms with Crippen molar-refractivity contribution in [2.75, 3.05) is 10.6 Å². The average Bonchev–Trinajstić information content (AvgIpc) is 2.94. The Hall–Kier alpha value is -2.41. The van der Waals surface area contributed by atoms with Gasteiger partial charge in [0.2, 0.25) is 11.8 Å². The molecule has 3 aromatic rings. The molecule has 8 heteroatoms. The number of nitrogens with one attached hydrogen (secondary N) is 2. The molecule has 3 rings (SSSR count). The molecule has 0 saturated heterocycles. The molecule has 0 aliphatic rings. The Morgan fingerprint density at radius 3 is 2.65 bits per heavy atom. The van der Waals surface area contributed by atoms with Crippen LogP contribution in [0.2, 0.25) is 10.0 Å². The Balaban J connectivity index is 1.72. The van der Waals surface area contributed by atoms with Gasteiger partial charge < -0.3 is 5.32 Å². The number of carbonyl (C=O) groups is 2. The molecule has 5 nitrogen and oxygen atoms in total. The molecule has 0 aliphatic heterocycles. The zero-order valence-electron chi connectivity index (χ0n) is 13.5. The smallest absolute Gasteiger partial charge is 0.250 e. The molecule has 132 valence electrons. The first-order valence-corrected chi connectivity index (χ1v) is 9.10. The molecule has 1 heterocycles. The fraction of sp³-hybridized carbons (Fsp3) is 0.0556. The molecule has 2 aromatic carbocycles. The van der Waals surface area contributed by atoms with Gasteiger partial charge in [-0.25, -0.2) is 4.98 Å². The number of halogens is 2. The average molecular weight is 406 g/mol. The van der Waals surface area contributed by atoms with Crippen LogP contribution in [0.1, 0.15) is 12.5 Å². The summed E-state index contributed by atoms with van der Waals surface area (Å²) in [5.41, 5.74) is 2.11. The standard InChI is InChI=1S/C18H13Cl2N3O2S/c1-10(24)21-13-5-6-15-16(9-13)26-18(22-15)23-17(25)7-3-11-2-4-12(19)8-14(11)20/h2-9H,1H3,(H,21,24)(H,22,23,25). The quantitative estimate of drug-likeness (QED) is 0.584. The molecule has 0 atom stereocenters. The molecule has 0 aliphatic carbocycles. The van der Waals surface area contributed by atoms with E-state index in [0.29, 0.717) is 26.4 Å². The van der Waals surface area contributed by atoms with Crippen LogP contribution in [0.25, 0.3) is 16.3 Å². The summed E-state index contributed by atoms with van der Waals surface area (Å²) in [6.07, 6.45) is 2.99. The van der Waals surface area contributed by atoms with Gasteiger partial charge in [-0.1, -0.05) is 40.6 Å². The lowest BCUT2D eigenvalue weighted by atomic mass is 10.2. The number of rotatable bonds is 4. The van der Waals surface area contributed by atoms with Crippen LogP contribution < -0.4 is 10.6 Å². The fourth-order valence-corrected chi connectivity index (χ4v) is 3.59.